The number of hydrogen-bond donors (Lipinski definition) is 0. The van der Waals surface area contributed by atoms with Crippen LogP contribution < -0.4 is 0 Å². The van der Waals surface area contributed by atoms with Crippen LogP contribution in [0.25, 0.3) is 0 Å². The van der Waals surface area contributed by atoms with E-state index in [9.17, 15) is 18.0 Å². The number of sulfone groups is 1. The average Bonchev–Trinajstić information content (AvgIpc) is 2.53. The molecule has 0 unspecified atom stereocenters. The molecule has 6 nitrogen and oxygen atoms in total. The standard InChI is InChI=1S/C15H14BrNO5S/c16-6-7-22-11-9-23(20,21)13-8-12(18)17(13)14(11)15(19)10-4-2-1-3-5-10/h1-5,13H,6-9H2/t13-/m1/s1. The third-order valence-electron chi connectivity index (χ3n) is 3.76. The van der Waals surface area contributed by atoms with Gasteiger partial charge < -0.3 is 4.74 Å². The van der Waals surface area contributed by atoms with Crippen molar-refractivity contribution < 1.29 is 22.7 Å². The molecular weight excluding hydrogens is 386 g/mol. The monoisotopic (exact) mass is 399 g/mol. The van der Waals surface area contributed by atoms with Crippen LogP contribution in [0.4, 0.5) is 0 Å². The SMILES string of the molecule is O=C(C1=C(OCCBr)CS(=O)(=O)[C@@H]2CC(=O)N12)c1ccccc1. The number of allylic oxidation sites excluding steroid dienone is 1. The zero-order valence-corrected chi connectivity index (χ0v) is 14.5. The van der Waals surface area contributed by atoms with E-state index in [0.29, 0.717) is 10.9 Å². The molecule has 1 aromatic carbocycles. The van der Waals surface area contributed by atoms with E-state index in [0.717, 1.165) is 4.90 Å². The minimum Gasteiger partial charge on any atom is -0.494 e. The number of ether oxygens (including phenoxy) is 1. The maximum atomic E-state index is 12.8. The number of benzene rings is 1. The lowest BCUT2D eigenvalue weighted by Gasteiger charge is -2.44. The molecule has 0 aliphatic carbocycles. The maximum Gasteiger partial charge on any atom is 0.231 e. The Balaban J connectivity index is 2.08. The quantitative estimate of drug-likeness (QED) is 0.425. The first kappa shape index (κ1) is 16.2. The summed E-state index contributed by atoms with van der Waals surface area (Å²) >= 11 is 3.20. The zero-order valence-electron chi connectivity index (χ0n) is 12.1. The zero-order chi connectivity index (χ0) is 16.6. The smallest absolute Gasteiger partial charge is 0.231 e. The van der Waals surface area contributed by atoms with E-state index in [1.807, 2.05) is 0 Å². The summed E-state index contributed by atoms with van der Waals surface area (Å²) in [5, 5.41) is -0.463. The van der Waals surface area contributed by atoms with Crippen molar-refractivity contribution in [2.45, 2.75) is 11.8 Å². The number of fused-ring (bicyclic) bond motifs is 1. The molecule has 2 aliphatic heterocycles. The molecule has 3 rings (SSSR count). The number of alkyl halides is 1. The van der Waals surface area contributed by atoms with Crippen LogP contribution in [0.3, 0.4) is 0 Å². The molecule has 0 radical (unpaired) electrons. The molecule has 122 valence electrons. The number of β-lactam (4-membered cyclic amide) rings is 1. The summed E-state index contributed by atoms with van der Waals surface area (Å²) in [7, 11) is -3.53. The van der Waals surface area contributed by atoms with Crippen molar-refractivity contribution in [3.05, 3.63) is 47.4 Å². The number of nitrogens with zero attached hydrogens (tertiary/aromatic N) is 1. The number of carbonyl (C=O) groups excluding carboxylic acids is 2. The van der Waals surface area contributed by atoms with Gasteiger partial charge in [0.15, 0.2) is 9.84 Å². The molecule has 0 bridgehead atoms. The number of amides is 1. The Morgan fingerprint density at radius 1 is 1.30 bits per heavy atom. The predicted octanol–water partition coefficient (Wildman–Crippen LogP) is 1.48. The summed E-state index contributed by atoms with van der Waals surface area (Å²) in [5.41, 5.74) is 0.438. The molecule has 0 N–H and O–H groups in total. The second-order valence-electron chi connectivity index (χ2n) is 5.23. The molecule has 1 amide bonds. The first-order valence-electron chi connectivity index (χ1n) is 7.01. The van der Waals surface area contributed by atoms with Crippen LogP contribution >= 0.6 is 15.9 Å². The Kier molecular flexibility index (Phi) is 4.29. The highest BCUT2D eigenvalue weighted by Crippen LogP contribution is 2.37. The van der Waals surface area contributed by atoms with E-state index in [2.05, 4.69) is 15.9 Å². The van der Waals surface area contributed by atoms with E-state index in [4.69, 9.17) is 4.74 Å². The lowest BCUT2D eigenvalue weighted by atomic mass is 10.0. The van der Waals surface area contributed by atoms with Crippen LogP contribution in [-0.4, -0.2) is 48.1 Å². The summed E-state index contributed by atoms with van der Waals surface area (Å²) in [4.78, 5) is 25.8. The van der Waals surface area contributed by atoms with Crippen molar-refractivity contribution in [2.75, 3.05) is 17.7 Å². The lowest BCUT2D eigenvalue weighted by Crippen LogP contribution is -2.60. The van der Waals surface area contributed by atoms with Crippen LogP contribution in [0.15, 0.2) is 41.8 Å². The molecule has 2 aliphatic rings. The summed E-state index contributed by atoms with van der Waals surface area (Å²) < 4.78 is 29.9. The highest BCUT2D eigenvalue weighted by molar-refractivity contribution is 9.09. The molecular formula is C15H14BrNO5S. The van der Waals surface area contributed by atoms with Crippen LogP contribution in [0.5, 0.6) is 0 Å². The summed E-state index contributed by atoms with van der Waals surface area (Å²) in [6, 6.07) is 8.44. The van der Waals surface area contributed by atoms with Crippen molar-refractivity contribution >= 4 is 37.5 Å². The van der Waals surface area contributed by atoms with E-state index >= 15 is 0 Å². The minimum absolute atomic E-state index is 0.0441. The first-order chi connectivity index (χ1) is 11.0. The molecule has 2 heterocycles. The number of Topliss-reactive ketones (excluding diaryl/α,β-unsaturated/α-hetero) is 1. The molecule has 23 heavy (non-hydrogen) atoms. The fraction of sp³-hybridized carbons (Fsp3) is 0.333. The topological polar surface area (TPSA) is 80.8 Å². The number of hydrogen-bond acceptors (Lipinski definition) is 5. The Morgan fingerprint density at radius 3 is 2.61 bits per heavy atom. The van der Waals surface area contributed by atoms with Gasteiger partial charge in [0.25, 0.3) is 0 Å². The minimum atomic E-state index is -3.53. The van der Waals surface area contributed by atoms with Gasteiger partial charge in [0.1, 0.15) is 22.6 Å². The molecule has 0 aromatic heterocycles. The van der Waals surface area contributed by atoms with Crippen molar-refractivity contribution in [3.8, 4) is 0 Å². The Hall–Kier alpha value is -1.67. The molecule has 0 spiro atoms. The van der Waals surface area contributed by atoms with Gasteiger partial charge in [-0.05, 0) is 0 Å². The van der Waals surface area contributed by atoms with Gasteiger partial charge >= 0.3 is 0 Å². The molecule has 1 saturated heterocycles. The predicted molar refractivity (Wildman–Crippen MR) is 86.6 cm³/mol. The molecule has 1 aromatic rings. The van der Waals surface area contributed by atoms with E-state index in [1.165, 1.54) is 0 Å². The van der Waals surface area contributed by atoms with Gasteiger partial charge in [-0.1, -0.05) is 46.3 Å². The highest BCUT2D eigenvalue weighted by Gasteiger charge is 2.53. The fourth-order valence-corrected chi connectivity index (χ4v) is 4.54. The van der Waals surface area contributed by atoms with Crippen molar-refractivity contribution in [3.63, 3.8) is 0 Å². The molecule has 8 heteroatoms. The van der Waals surface area contributed by atoms with Gasteiger partial charge in [0, 0.05) is 10.9 Å². The number of halogens is 1. The maximum absolute atomic E-state index is 12.8. The van der Waals surface area contributed by atoms with Gasteiger partial charge in [-0.2, -0.15) is 0 Å². The highest BCUT2D eigenvalue weighted by atomic mass is 79.9. The van der Waals surface area contributed by atoms with Crippen molar-refractivity contribution in [2.24, 2.45) is 0 Å². The Morgan fingerprint density at radius 2 is 2.00 bits per heavy atom. The molecule has 0 saturated carbocycles. The summed E-state index contributed by atoms with van der Waals surface area (Å²) in [6.45, 7) is 0.211. The van der Waals surface area contributed by atoms with Gasteiger partial charge in [-0.3, -0.25) is 14.5 Å². The van der Waals surface area contributed by atoms with E-state index in [-0.39, 0.29) is 36.1 Å². The Bertz CT molecular complexity index is 787. The van der Waals surface area contributed by atoms with Gasteiger partial charge in [0.05, 0.1) is 13.0 Å². The normalized spacial score (nSPS) is 22.4. The molecule has 1 atom stereocenters. The van der Waals surface area contributed by atoms with Gasteiger partial charge in [0.2, 0.25) is 11.7 Å². The number of rotatable bonds is 5. The van der Waals surface area contributed by atoms with Gasteiger partial charge in [-0.15, -0.1) is 0 Å². The molecule has 1 fully saturated rings. The van der Waals surface area contributed by atoms with Crippen LogP contribution in [0, 0.1) is 0 Å². The largest absolute Gasteiger partial charge is 0.494 e. The van der Waals surface area contributed by atoms with Crippen LogP contribution in [-0.2, 0) is 19.4 Å². The number of ketones is 1. The second-order valence-corrected chi connectivity index (χ2v) is 8.19. The third-order valence-corrected chi connectivity index (χ3v) is 5.96. The first-order valence-corrected chi connectivity index (χ1v) is 9.84. The second kappa shape index (κ2) is 6.09. The van der Waals surface area contributed by atoms with Crippen molar-refractivity contribution in [1.82, 2.24) is 4.90 Å². The Labute approximate surface area is 142 Å². The van der Waals surface area contributed by atoms with Crippen LogP contribution in [0.1, 0.15) is 16.8 Å². The average molecular weight is 400 g/mol. The third kappa shape index (κ3) is 2.81. The van der Waals surface area contributed by atoms with E-state index in [1.54, 1.807) is 30.3 Å². The summed E-state index contributed by atoms with van der Waals surface area (Å²) in [6.07, 6.45) is -0.0837. The van der Waals surface area contributed by atoms with Crippen molar-refractivity contribution in [1.29, 1.82) is 0 Å². The van der Waals surface area contributed by atoms with Gasteiger partial charge in [-0.25, -0.2) is 8.42 Å². The van der Waals surface area contributed by atoms with Crippen LogP contribution in [0.2, 0.25) is 0 Å². The summed E-state index contributed by atoms with van der Waals surface area (Å²) in [5.74, 6) is -1.09. The number of carbonyl (C=O) groups is 2. The fourth-order valence-electron chi connectivity index (χ4n) is 2.66. The lowest BCUT2D eigenvalue weighted by molar-refractivity contribution is -0.139. The van der Waals surface area contributed by atoms with E-state index < -0.39 is 21.0 Å².